The van der Waals surface area contributed by atoms with Gasteiger partial charge in [-0.15, -0.1) is 0 Å². The van der Waals surface area contributed by atoms with E-state index in [9.17, 15) is 19.2 Å². The molecule has 438 valence electrons. The van der Waals surface area contributed by atoms with E-state index in [1.165, 1.54) is 55.7 Å². The minimum Gasteiger partial charge on any atom is -0.494 e. The SMILES string of the molecule is CCCCCCCCCCOc1ccc(C(=O)c2ccc(CSP3(=O)OC[C@H]4O[C@@H](n5ccc(=O)[nH]c5=O)[C@H](OP(=O)(SCc5ccc(C(=O)c6ccc(C)cc6)cc5)OC[C@@H]5C[C@@H](O3)[C@H](n3cnc6c(N)ncnc63)O5)[C@@H]4F)cc2)cc1. The number of unbranched alkanes of at least 4 members (excludes halogenated alkanes) is 7. The number of rotatable bonds is 22. The normalized spacial score (nSPS) is 24.6. The fourth-order valence-corrected chi connectivity index (χ4v) is 16.6. The first-order chi connectivity index (χ1) is 40.1. The van der Waals surface area contributed by atoms with Crippen LogP contribution in [0.1, 0.15) is 126 Å². The van der Waals surface area contributed by atoms with E-state index in [-0.39, 0.29) is 46.5 Å². The van der Waals surface area contributed by atoms with Crippen LogP contribution in [-0.2, 0) is 48.2 Å². The second kappa shape index (κ2) is 27.3. The van der Waals surface area contributed by atoms with Crippen molar-refractivity contribution in [2.45, 2.75) is 126 Å². The van der Waals surface area contributed by atoms with E-state index in [0.29, 0.717) is 45.7 Å². The number of alkyl halides is 1. The van der Waals surface area contributed by atoms with Crippen molar-refractivity contribution in [1.29, 1.82) is 0 Å². The molecule has 4 aromatic carbocycles. The zero-order chi connectivity index (χ0) is 58.1. The van der Waals surface area contributed by atoms with Crippen LogP contribution in [0, 0.1) is 6.92 Å². The second-order valence-electron chi connectivity index (χ2n) is 20.5. The minimum atomic E-state index is -4.53. The monoisotopic (exact) mass is 1210 g/mol. The van der Waals surface area contributed by atoms with Gasteiger partial charge in [-0.25, -0.2) is 33.3 Å². The highest BCUT2D eigenvalue weighted by atomic mass is 32.7. The van der Waals surface area contributed by atoms with E-state index in [2.05, 4.69) is 26.9 Å². The summed E-state index contributed by atoms with van der Waals surface area (Å²) < 4.78 is 94.0. The number of aromatic amines is 1. The highest BCUT2D eigenvalue weighted by Crippen LogP contribution is 2.67. The summed E-state index contributed by atoms with van der Waals surface area (Å²) in [6, 6.07) is 28.7. The molecule has 3 aromatic heterocycles. The molecule has 9 atom stereocenters. The molecule has 4 bridgehead atoms. The van der Waals surface area contributed by atoms with Crippen LogP contribution in [0.3, 0.4) is 0 Å². The quantitative estimate of drug-likeness (QED) is 0.0363. The number of benzene rings is 4. The molecule has 7 aromatic rings. The van der Waals surface area contributed by atoms with Crippen molar-refractivity contribution in [2.75, 3.05) is 25.6 Å². The molecule has 0 radical (unpaired) electrons. The van der Waals surface area contributed by atoms with Gasteiger partial charge in [0.15, 0.2) is 41.7 Å². The number of hydrogen-bond donors (Lipinski definition) is 2. The molecule has 0 saturated carbocycles. The molecule has 3 N–H and O–H groups in total. The zero-order valence-corrected chi connectivity index (χ0v) is 49.1. The van der Waals surface area contributed by atoms with Gasteiger partial charge in [-0.1, -0.05) is 130 Å². The van der Waals surface area contributed by atoms with Crippen LogP contribution in [-0.4, -0.2) is 91.0 Å². The Kier molecular flexibility index (Phi) is 19.7. The Bertz CT molecular complexity index is 3600. The Morgan fingerprint density at radius 3 is 1.90 bits per heavy atom. The molecular formula is C58H64FN7O13P2S2. The number of H-pyrrole nitrogens is 1. The lowest BCUT2D eigenvalue weighted by atomic mass is 10.0. The maximum Gasteiger partial charge on any atom is 0.390 e. The van der Waals surface area contributed by atoms with Crippen LogP contribution in [0.2, 0.25) is 0 Å². The maximum absolute atomic E-state index is 17.2. The first kappa shape index (κ1) is 60.0. The van der Waals surface area contributed by atoms with Gasteiger partial charge in [-0.3, -0.25) is 46.6 Å². The molecule has 83 heavy (non-hydrogen) atoms. The maximum atomic E-state index is 17.2. The second-order valence-corrected chi connectivity index (χ2v) is 28.6. The first-order valence-corrected chi connectivity index (χ1v) is 33.8. The first-order valence-electron chi connectivity index (χ1n) is 27.6. The number of nitrogen functional groups attached to an aromatic ring is 1. The Morgan fingerprint density at radius 2 is 1.28 bits per heavy atom. The van der Waals surface area contributed by atoms with Crippen LogP contribution in [0.15, 0.2) is 132 Å². The van der Waals surface area contributed by atoms with Gasteiger partial charge < -0.3 is 19.9 Å². The smallest absolute Gasteiger partial charge is 0.390 e. The van der Waals surface area contributed by atoms with Gasteiger partial charge in [-0.05, 0) is 71.5 Å². The highest BCUT2D eigenvalue weighted by Gasteiger charge is 2.53. The van der Waals surface area contributed by atoms with Gasteiger partial charge in [-0.2, -0.15) is 0 Å². The number of ether oxygens (including phenoxy) is 3. The van der Waals surface area contributed by atoms with Crippen LogP contribution < -0.4 is 21.7 Å². The summed E-state index contributed by atoms with van der Waals surface area (Å²) in [4.78, 5) is 67.4. The van der Waals surface area contributed by atoms with Crippen molar-refractivity contribution in [3.8, 4) is 5.75 Å². The number of nitrogens with zero attached hydrogens (tertiary/aromatic N) is 5. The van der Waals surface area contributed by atoms with Crippen LogP contribution >= 0.6 is 36.4 Å². The Balaban J connectivity index is 0.876. The third-order valence-corrected chi connectivity index (χ3v) is 21.8. The van der Waals surface area contributed by atoms with Gasteiger partial charge in [0.05, 0.1) is 32.3 Å². The number of carbonyl (C=O) groups excluding carboxylic acids is 2. The molecule has 20 nitrogen and oxygen atoms in total. The van der Waals surface area contributed by atoms with Gasteiger partial charge in [0, 0.05) is 52.4 Å². The summed E-state index contributed by atoms with van der Waals surface area (Å²) >= 11 is 1.53. The molecule has 3 saturated heterocycles. The lowest BCUT2D eigenvalue weighted by Crippen LogP contribution is -2.37. The largest absolute Gasteiger partial charge is 0.494 e. The predicted octanol–water partition coefficient (Wildman–Crippen LogP) is 11.7. The summed E-state index contributed by atoms with van der Waals surface area (Å²) in [6.07, 6.45) is 2.85. The van der Waals surface area contributed by atoms with E-state index in [4.69, 9.17) is 38.0 Å². The van der Waals surface area contributed by atoms with Crippen molar-refractivity contribution in [1.82, 2.24) is 29.1 Å². The molecule has 6 heterocycles. The number of hydrogen-bond acceptors (Lipinski definition) is 19. The molecule has 3 aliphatic rings. The molecule has 10 rings (SSSR count). The highest BCUT2D eigenvalue weighted by molar-refractivity contribution is 8.55. The standard InChI is InChI=1S/C58H64FN7O13P2S2/c1-3-4-5-6-7-8-9-10-29-73-44-25-23-43(24-26-44)52(69)42-21-13-38(14-22-42)33-82-80(71)75-32-47-49(59)53(57(77-47)65-28-27-48(67)64-58(65)70)79-81(72,83-34-39-15-19-41(20-16-39)51(68)40-17-11-37(2)12-18-40)74-31-45-30-46(78-80)56(76-45)66-36-63-50-54(60)61-35-62-55(50)66/h11-28,35-36,45-47,49,53,56-57H,3-10,29-34H2,1-2H3,(H2,60,61,62)(H,64,67,70)/t45-,46+,47+,49+,53+,56+,57+,80?,81?/m0/s1. The molecule has 0 spiro atoms. The number of aromatic nitrogens is 6. The van der Waals surface area contributed by atoms with Crippen molar-refractivity contribution in [3.05, 3.63) is 182 Å². The number of carbonyl (C=O) groups is 2. The molecule has 2 unspecified atom stereocenters. The van der Waals surface area contributed by atoms with Gasteiger partial charge >= 0.3 is 19.3 Å². The van der Waals surface area contributed by atoms with Crippen LogP contribution in [0.4, 0.5) is 10.2 Å². The molecule has 0 aliphatic carbocycles. The summed E-state index contributed by atoms with van der Waals surface area (Å²) in [7, 11) is 0. The van der Waals surface area contributed by atoms with Crippen molar-refractivity contribution < 1.29 is 55.4 Å². The average Bonchev–Trinajstić information content (AvgIpc) is 4.24. The molecule has 3 aliphatic heterocycles. The van der Waals surface area contributed by atoms with Crippen LogP contribution in [0.25, 0.3) is 11.2 Å². The zero-order valence-electron chi connectivity index (χ0n) is 45.7. The summed E-state index contributed by atoms with van der Waals surface area (Å²) in [5.74, 6) is 0.399. The Morgan fingerprint density at radius 1 is 0.699 bits per heavy atom. The average molecular weight is 1210 g/mol. The molecule has 0 amide bonds. The summed E-state index contributed by atoms with van der Waals surface area (Å²) in [5, 5.41) is 0. The molecular weight excluding hydrogens is 1150 g/mol. The van der Waals surface area contributed by atoms with Crippen molar-refractivity contribution in [2.24, 2.45) is 0 Å². The number of aryl methyl sites for hydroxylation is 1. The summed E-state index contributed by atoms with van der Waals surface area (Å²) in [5.41, 5.74) is 9.07. The minimum absolute atomic E-state index is 0.0127. The fraction of sp³-hybridized carbons (Fsp3) is 0.397. The number of ketones is 2. The predicted molar refractivity (Wildman–Crippen MR) is 313 cm³/mol. The van der Waals surface area contributed by atoms with E-state index in [0.717, 1.165) is 58.0 Å². The van der Waals surface area contributed by atoms with Crippen molar-refractivity contribution in [3.63, 3.8) is 0 Å². The van der Waals surface area contributed by atoms with Gasteiger partial charge in [0.25, 0.3) is 5.56 Å². The lowest BCUT2D eigenvalue weighted by Gasteiger charge is -2.27. The van der Waals surface area contributed by atoms with Gasteiger partial charge in [0.1, 0.15) is 35.9 Å². The number of imidazole rings is 1. The third kappa shape index (κ3) is 14.9. The molecule has 3 fully saturated rings. The fourth-order valence-electron chi connectivity index (χ4n) is 9.84. The Hall–Kier alpha value is -6.10. The number of halogens is 1. The van der Waals surface area contributed by atoms with Crippen LogP contribution in [0.5, 0.6) is 5.75 Å². The molecule has 25 heteroatoms. The van der Waals surface area contributed by atoms with Crippen molar-refractivity contribution >= 4 is 64.9 Å². The summed E-state index contributed by atoms with van der Waals surface area (Å²) in [6.45, 7) is -5.40. The number of anilines is 1. The van der Waals surface area contributed by atoms with Gasteiger partial charge in [0.2, 0.25) is 0 Å². The van der Waals surface area contributed by atoms with E-state index < -0.39 is 81.1 Å². The van der Waals surface area contributed by atoms with E-state index >= 15 is 13.5 Å². The number of nitrogens with two attached hydrogens (primary N) is 1. The lowest BCUT2D eigenvalue weighted by molar-refractivity contribution is -0.0595. The topological polar surface area (TPSA) is 257 Å². The van der Waals surface area contributed by atoms with E-state index in [1.807, 2.05) is 19.1 Å². The van der Waals surface area contributed by atoms with E-state index in [1.54, 1.807) is 84.9 Å². The Labute approximate surface area is 486 Å². The third-order valence-electron chi connectivity index (χ3n) is 14.4. The number of nitrogens with one attached hydrogen (secondary N) is 1. The number of fused-ring (bicyclic) bond motifs is 5.